The molecule has 7 nitrogen and oxygen atoms in total. The van der Waals surface area contributed by atoms with E-state index in [1.54, 1.807) is 0 Å². The van der Waals surface area contributed by atoms with Crippen molar-refractivity contribution in [2.75, 3.05) is 0 Å². The zero-order valence-electron chi connectivity index (χ0n) is 8.46. The fourth-order valence-corrected chi connectivity index (χ4v) is 1.65. The van der Waals surface area contributed by atoms with Crippen molar-refractivity contribution in [1.82, 2.24) is 19.7 Å². The monoisotopic (exact) mass is 273 g/mol. The minimum absolute atomic E-state index is 0.0144. The Labute approximate surface area is 105 Å². The number of nitro groups is 1. The van der Waals surface area contributed by atoms with Crippen LogP contribution in [0.25, 0.3) is 5.82 Å². The summed E-state index contributed by atoms with van der Waals surface area (Å²) in [5.41, 5.74) is -0.0919. The summed E-state index contributed by atoms with van der Waals surface area (Å²) in [5, 5.41) is 15.0. The van der Waals surface area contributed by atoms with Crippen LogP contribution in [0.1, 0.15) is 5.69 Å². The Bertz CT molecular complexity index is 598. The first-order valence-electron chi connectivity index (χ1n) is 4.38. The fraction of sp³-hybridized carbons (Fsp3) is 0.125. The van der Waals surface area contributed by atoms with Gasteiger partial charge < -0.3 is 0 Å². The van der Waals surface area contributed by atoms with Crippen LogP contribution < -0.4 is 0 Å². The summed E-state index contributed by atoms with van der Waals surface area (Å²) in [6, 6.07) is 0. The molecule has 9 heteroatoms. The van der Waals surface area contributed by atoms with E-state index in [9.17, 15) is 10.1 Å². The maximum Gasteiger partial charge on any atom is 0.334 e. The standard InChI is InChI=1S/C8H5Cl2N5O2/c1-4-6(15(16)17)7(13-8(10)12-4)14-3-5(9)2-11-14/h2-3H,1H3. The van der Waals surface area contributed by atoms with Gasteiger partial charge in [-0.05, 0) is 18.5 Å². The molecule has 0 fully saturated rings. The van der Waals surface area contributed by atoms with E-state index in [0.29, 0.717) is 5.02 Å². The van der Waals surface area contributed by atoms with Crippen LogP contribution in [0.5, 0.6) is 0 Å². The zero-order chi connectivity index (χ0) is 12.6. The fourth-order valence-electron chi connectivity index (χ4n) is 1.31. The quantitative estimate of drug-likeness (QED) is 0.476. The van der Waals surface area contributed by atoms with Crippen LogP contribution in [-0.2, 0) is 0 Å². The summed E-state index contributed by atoms with van der Waals surface area (Å²) in [4.78, 5) is 17.9. The number of rotatable bonds is 2. The first kappa shape index (κ1) is 11.7. The summed E-state index contributed by atoms with van der Waals surface area (Å²) >= 11 is 11.4. The summed E-state index contributed by atoms with van der Waals surface area (Å²) in [5.74, 6) is -0.0144. The minimum atomic E-state index is -0.587. The molecule has 0 aliphatic carbocycles. The summed E-state index contributed by atoms with van der Waals surface area (Å²) in [6.45, 7) is 1.47. The van der Waals surface area contributed by atoms with Crippen molar-refractivity contribution < 1.29 is 4.92 Å². The molecular formula is C8H5Cl2N5O2. The third-order valence-corrected chi connectivity index (χ3v) is 2.33. The average molecular weight is 274 g/mol. The molecule has 0 N–H and O–H groups in total. The van der Waals surface area contributed by atoms with Gasteiger partial charge in [-0.2, -0.15) is 10.1 Å². The molecule has 0 saturated heterocycles. The highest BCUT2D eigenvalue weighted by Gasteiger charge is 2.23. The molecule has 17 heavy (non-hydrogen) atoms. The van der Waals surface area contributed by atoms with Crippen molar-refractivity contribution in [2.45, 2.75) is 6.92 Å². The van der Waals surface area contributed by atoms with Gasteiger partial charge in [-0.3, -0.25) is 10.1 Å². The molecule has 2 aromatic heterocycles. The van der Waals surface area contributed by atoms with Gasteiger partial charge in [0.05, 0.1) is 22.3 Å². The van der Waals surface area contributed by atoms with Gasteiger partial charge in [0.1, 0.15) is 5.69 Å². The predicted molar refractivity (Wildman–Crippen MR) is 60.6 cm³/mol. The van der Waals surface area contributed by atoms with Gasteiger partial charge in [0.15, 0.2) is 0 Å². The molecule has 0 saturated carbocycles. The van der Waals surface area contributed by atoms with Crippen molar-refractivity contribution in [1.29, 1.82) is 0 Å². The van der Waals surface area contributed by atoms with Gasteiger partial charge in [-0.25, -0.2) is 9.67 Å². The maximum absolute atomic E-state index is 10.9. The molecule has 0 aliphatic heterocycles. The molecular weight excluding hydrogens is 269 g/mol. The Balaban J connectivity index is 2.71. The SMILES string of the molecule is Cc1nc(Cl)nc(-n2cc(Cl)cn2)c1[N+](=O)[O-]. The topological polar surface area (TPSA) is 86.7 Å². The summed E-state index contributed by atoms with van der Waals surface area (Å²) in [6.07, 6.45) is 2.74. The number of aryl methyl sites for hydroxylation is 1. The van der Waals surface area contributed by atoms with Gasteiger partial charge in [0.2, 0.25) is 11.1 Å². The number of hydrogen-bond donors (Lipinski definition) is 0. The van der Waals surface area contributed by atoms with E-state index >= 15 is 0 Å². The molecule has 0 radical (unpaired) electrons. The lowest BCUT2D eigenvalue weighted by molar-refractivity contribution is -0.385. The molecule has 88 valence electrons. The Morgan fingerprint density at radius 1 is 1.41 bits per heavy atom. The van der Waals surface area contributed by atoms with Gasteiger partial charge >= 0.3 is 5.69 Å². The van der Waals surface area contributed by atoms with E-state index in [2.05, 4.69) is 15.1 Å². The Hall–Kier alpha value is -1.73. The van der Waals surface area contributed by atoms with Crippen LogP contribution in [0, 0.1) is 17.0 Å². The van der Waals surface area contributed by atoms with Crippen LogP contribution in [0.15, 0.2) is 12.4 Å². The lowest BCUT2D eigenvalue weighted by atomic mass is 10.3. The Morgan fingerprint density at radius 3 is 2.65 bits per heavy atom. The van der Waals surface area contributed by atoms with Crippen LogP contribution in [-0.4, -0.2) is 24.7 Å². The van der Waals surface area contributed by atoms with E-state index in [1.807, 2.05) is 0 Å². The van der Waals surface area contributed by atoms with E-state index in [4.69, 9.17) is 23.2 Å². The second-order valence-corrected chi connectivity index (χ2v) is 3.88. The molecule has 2 heterocycles. The van der Waals surface area contributed by atoms with Crippen molar-refractivity contribution in [3.05, 3.63) is 38.5 Å². The van der Waals surface area contributed by atoms with Gasteiger partial charge in [0.25, 0.3) is 0 Å². The molecule has 2 rings (SSSR count). The highest BCUT2D eigenvalue weighted by atomic mass is 35.5. The second kappa shape index (κ2) is 4.27. The molecule has 0 bridgehead atoms. The molecule has 2 aromatic rings. The first-order valence-corrected chi connectivity index (χ1v) is 5.13. The number of hydrogen-bond acceptors (Lipinski definition) is 5. The van der Waals surface area contributed by atoms with E-state index < -0.39 is 4.92 Å². The van der Waals surface area contributed by atoms with Crippen LogP contribution in [0.3, 0.4) is 0 Å². The third-order valence-electron chi connectivity index (χ3n) is 1.96. The van der Waals surface area contributed by atoms with Crippen LogP contribution in [0.2, 0.25) is 10.3 Å². The third kappa shape index (κ3) is 2.20. The van der Waals surface area contributed by atoms with Crippen molar-refractivity contribution in [2.24, 2.45) is 0 Å². The molecule has 0 atom stereocenters. The first-order chi connectivity index (χ1) is 7.99. The lowest BCUT2D eigenvalue weighted by Gasteiger charge is -2.03. The molecule has 0 aromatic carbocycles. The van der Waals surface area contributed by atoms with Gasteiger partial charge in [0, 0.05) is 0 Å². The highest BCUT2D eigenvalue weighted by Crippen LogP contribution is 2.25. The highest BCUT2D eigenvalue weighted by molar-refractivity contribution is 6.30. The molecule has 0 unspecified atom stereocenters. The number of nitrogens with zero attached hydrogens (tertiary/aromatic N) is 5. The number of aromatic nitrogens is 4. The maximum atomic E-state index is 10.9. The summed E-state index contributed by atoms with van der Waals surface area (Å²) < 4.78 is 1.18. The van der Waals surface area contributed by atoms with E-state index in [-0.39, 0.29) is 22.5 Å². The van der Waals surface area contributed by atoms with Crippen molar-refractivity contribution >= 4 is 28.9 Å². The zero-order valence-corrected chi connectivity index (χ0v) is 9.98. The largest absolute Gasteiger partial charge is 0.334 e. The van der Waals surface area contributed by atoms with Crippen molar-refractivity contribution in [3.63, 3.8) is 0 Å². The van der Waals surface area contributed by atoms with Crippen molar-refractivity contribution in [3.8, 4) is 5.82 Å². The van der Waals surface area contributed by atoms with Crippen LogP contribution >= 0.6 is 23.2 Å². The smallest absolute Gasteiger partial charge is 0.258 e. The molecule has 0 aliphatic rings. The summed E-state index contributed by atoms with van der Waals surface area (Å²) in [7, 11) is 0. The van der Waals surface area contributed by atoms with Gasteiger partial charge in [-0.1, -0.05) is 11.6 Å². The predicted octanol–water partition coefficient (Wildman–Crippen LogP) is 2.19. The Kier molecular flexibility index (Phi) is 2.95. The average Bonchev–Trinajstić information content (AvgIpc) is 2.62. The van der Waals surface area contributed by atoms with Gasteiger partial charge in [-0.15, -0.1) is 0 Å². The molecule has 0 spiro atoms. The normalized spacial score (nSPS) is 10.5. The number of halogens is 2. The Morgan fingerprint density at radius 2 is 2.12 bits per heavy atom. The van der Waals surface area contributed by atoms with E-state index in [1.165, 1.54) is 24.0 Å². The lowest BCUT2D eigenvalue weighted by Crippen LogP contribution is -2.07. The minimum Gasteiger partial charge on any atom is -0.258 e. The van der Waals surface area contributed by atoms with Crippen LogP contribution in [0.4, 0.5) is 5.69 Å². The second-order valence-electron chi connectivity index (χ2n) is 3.11. The van der Waals surface area contributed by atoms with E-state index in [0.717, 1.165) is 0 Å². The molecule has 0 amide bonds.